The summed E-state index contributed by atoms with van der Waals surface area (Å²) in [6.07, 6.45) is 1.43. The lowest BCUT2D eigenvalue weighted by Crippen LogP contribution is -2.16. The molecule has 9 heteroatoms. The summed E-state index contributed by atoms with van der Waals surface area (Å²) >= 11 is 13.2. The second-order valence-corrected chi connectivity index (χ2v) is 7.13. The minimum absolute atomic E-state index is 0.178. The number of nitrogens with one attached hydrogen (secondary N) is 1. The topological polar surface area (TPSA) is 69.0 Å². The molecule has 136 valence electrons. The van der Waals surface area contributed by atoms with Gasteiger partial charge in [0, 0.05) is 19.9 Å². The molecule has 26 heavy (non-hydrogen) atoms. The van der Waals surface area contributed by atoms with Gasteiger partial charge in [-0.25, -0.2) is 9.97 Å². The van der Waals surface area contributed by atoms with Crippen molar-refractivity contribution in [3.05, 3.63) is 46.6 Å². The Kier molecular flexibility index (Phi) is 6.37. The lowest BCUT2D eigenvalue weighted by atomic mass is 10.3. The number of benzene rings is 1. The van der Waals surface area contributed by atoms with Gasteiger partial charge in [-0.1, -0.05) is 47.1 Å². The van der Waals surface area contributed by atoms with E-state index < -0.39 is 0 Å². The summed E-state index contributed by atoms with van der Waals surface area (Å²) in [7, 11) is 1.65. The highest BCUT2D eigenvalue weighted by Crippen LogP contribution is 2.25. The van der Waals surface area contributed by atoms with Gasteiger partial charge in [0.05, 0.1) is 33.4 Å². The molecule has 0 radical (unpaired) electrons. The van der Waals surface area contributed by atoms with Gasteiger partial charge in [-0.2, -0.15) is 0 Å². The molecule has 2 heterocycles. The van der Waals surface area contributed by atoms with Crippen molar-refractivity contribution in [2.45, 2.75) is 11.7 Å². The number of aromatic nitrogens is 3. The highest BCUT2D eigenvalue weighted by atomic mass is 35.5. The van der Waals surface area contributed by atoms with Gasteiger partial charge < -0.3 is 14.6 Å². The molecule has 3 rings (SSSR count). The van der Waals surface area contributed by atoms with Gasteiger partial charge in [0.15, 0.2) is 11.0 Å². The van der Waals surface area contributed by atoms with Gasteiger partial charge >= 0.3 is 0 Å². The lowest BCUT2D eigenvalue weighted by Gasteiger charge is -2.09. The molecule has 0 aliphatic carbocycles. The molecule has 0 fully saturated rings. The molecule has 3 aromatic rings. The second-order valence-electron chi connectivity index (χ2n) is 5.35. The van der Waals surface area contributed by atoms with Crippen molar-refractivity contribution in [3.8, 4) is 0 Å². The number of amides is 1. The first-order valence-corrected chi connectivity index (χ1v) is 9.50. The summed E-state index contributed by atoms with van der Waals surface area (Å²) in [4.78, 5) is 20.9. The standard InChI is InChI=1S/C17H16Cl2N4O2S/c1-25-7-6-23-14-5-3-2-4-13(14)21-17(23)26-10-15(24)22-16-12(19)8-11(18)9-20-16/h2-5,8-9H,6-7,10H2,1H3,(H,20,22,24). The molecule has 0 unspecified atom stereocenters. The largest absolute Gasteiger partial charge is 0.383 e. The van der Waals surface area contributed by atoms with Crippen molar-refractivity contribution < 1.29 is 9.53 Å². The zero-order chi connectivity index (χ0) is 18.5. The highest BCUT2D eigenvalue weighted by molar-refractivity contribution is 7.99. The van der Waals surface area contributed by atoms with Gasteiger partial charge in [-0.15, -0.1) is 0 Å². The van der Waals surface area contributed by atoms with E-state index in [2.05, 4.69) is 15.3 Å². The number of methoxy groups -OCH3 is 1. The Labute approximate surface area is 164 Å². The number of hydrogen-bond acceptors (Lipinski definition) is 5. The summed E-state index contributed by atoms with van der Waals surface area (Å²) in [6, 6.07) is 9.37. The third kappa shape index (κ3) is 4.48. The minimum atomic E-state index is -0.225. The van der Waals surface area contributed by atoms with E-state index in [1.54, 1.807) is 7.11 Å². The van der Waals surface area contributed by atoms with Crippen LogP contribution < -0.4 is 5.32 Å². The first-order valence-electron chi connectivity index (χ1n) is 7.76. The molecule has 0 saturated carbocycles. The predicted octanol–water partition coefficient (Wildman–Crippen LogP) is 4.12. The zero-order valence-electron chi connectivity index (χ0n) is 13.9. The third-order valence-corrected chi connectivity index (χ3v) is 5.01. The van der Waals surface area contributed by atoms with Crippen LogP contribution >= 0.6 is 35.0 Å². The fraction of sp³-hybridized carbons (Fsp3) is 0.235. The molecule has 0 aliphatic rings. The van der Waals surface area contributed by atoms with Crippen molar-refractivity contribution in [1.82, 2.24) is 14.5 Å². The van der Waals surface area contributed by atoms with E-state index in [4.69, 9.17) is 27.9 Å². The van der Waals surface area contributed by atoms with Crippen LogP contribution in [0.2, 0.25) is 10.0 Å². The normalized spacial score (nSPS) is 11.0. The van der Waals surface area contributed by atoms with E-state index >= 15 is 0 Å². The Morgan fingerprint density at radius 1 is 1.35 bits per heavy atom. The number of pyridine rings is 1. The number of anilines is 1. The lowest BCUT2D eigenvalue weighted by molar-refractivity contribution is -0.113. The summed E-state index contributed by atoms with van der Waals surface area (Å²) in [5, 5.41) is 4.14. The molecular weight excluding hydrogens is 395 g/mol. The SMILES string of the molecule is COCCn1c(SCC(=O)Nc2ncc(Cl)cc2Cl)nc2ccccc21. The molecule has 0 saturated heterocycles. The Bertz CT molecular complexity index is 932. The number of halogens is 2. The number of para-hydroxylation sites is 2. The minimum Gasteiger partial charge on any atom is -0.383 e. The number of rotatable bonds is 7. The summed E-state index contributed by atoms with van der Waals surface area (Å²) in [6.45, 7) is 1.22. The fourth-order valence-electron chi connectivity index (χ4n) is 2.37. The summed E-state index contributed by atoms with van der Waals surface area (Å²) < 4.78 is 7.22. The number of fused-ring (bicyclic) bond motifs is 1. The zero-order valence-corrected chi connectivity index (χ0v) is 16.2. The number of ether oxygens (including phenoxy) is 1. The average molecular weight is 411 g/mol. The second kappa shape index (κ2) is 8.73. The Morgan fingerprint density at radius 3 is 2.92 bits per heavy atom. The van der Waals surface area contributed by atoms with Crippen molar-refractivity contribution >= 4 is 57.7 Å². The van der Waals surface area contributed by atoms with Crippen molar-refractivity contribution in [1.29, 1.82) is 0 Å². The maximum absolute atomic E-state index is 12.2. The molecular formula is C17H16Cl2N4O2S. The number of nitrogens with zero attached hydrogens (tertiary/aromatic N) is 3. The number of imidazole rings is 1. The van der Waals surface area contributed by atoms with Crippen LogP contribution in [0.15, 0.2) is 41.7 Å². The number of thioether (sulfide) groups is 1. The first-order chi connectivity index (χ1) is 12.6. The van der Waals surface area contributed by atoms with Crippen LogP contribution in [-0.4, -0.2) is 39.9 Å². The highest BCUT2D eigenvalue weighted by Gasteiger charge is 2.14. The number of carbonyl (C=O) groups excluding carboxylic acids is 1. The smallest absolute Gasteiger partial charge is 0.236 e. The monoisotopic (exact) mass is 410 g/mol. The van der Waals surface area contributed by atoms with Crippen LogP contribution in [0.3, 0.4) is 0 Å². The molecule has 0 bridgehead atoms. The predicted molar refractivity (Wildman–Crippen MR) is 105 cm³/mol. The molecule has 0 spiro atoms. The van der Waals surface area contributed by atoms with Crippen molar-refractivity contribution in [2.24, 2.45) is 0 Å². The van der Waals surface area contributed by atoms with E-state index in [9.17, 15) is 4.79 Å². The molecule has 1 amide bonds. The number of hydrogen-bond donors (Lipinski definition) is 1. The fourth-order valence-corrected chi connectivity index (χ4v) is 3.64. The molecule has 0 atom stereocenters. The van der Waals surface area contributed by atoms with Crippen LogP contribution in [0.5, 0.6) is 0 Å². The van der Waals surface area contributed by atoms with E-state index in [1.807, 2.05) is 28.8 Å². The third-order valence-electron chi connectivity index (χ3n) is 3.54. The van der Waals surface area contributed by atoms with Gasteiger partial charge in [0.1, 0.15) is 0 Å². The first kappa shape index (κ1) is 19.0. The Morgan fingerprint density at radius 2 is 2.15 bits per heavy atom. The van der Waals surface area contributed by atoms with E-state index in [-0.39, 0.29) is 17.5 Å². The summed E-state index contributed by atoms with van der Waals surface area (Å²) in [5.41, 5.74) is 1.89. The quantitative estimate of drug-likeness (QED) is 0.593. The Balaban J connectivity index is 1.71. The molecule has 1 N–H and O–H groups in total. The Hall–Kier alpha value is -1.80. The van der Waals surface area contributed by atoms with Crippen LogP contribution in [0.1, 0.15) is 0 Å². The van der Waals surface area contributed by atoms with E-state index in [1.165, 1.54) is 24.0 Å². The van der Waals surface area contributed by atoms with Gasteiger partial charge in [0.25, 0.3) is 0 Å². The molecule has 1 aromatic carbocycles. The van der Waals surface area contributed by atoms with Gasteiger partial charge in [-0.3, -0.25) is 4.79 Å². The average Bonchev–Trinajstić information content (AvgIpc) is 2.98. The molecule has 2 aromatic heterocycles. The van der Waals surface area contributed by atoms with Crippen molar-refractivity contribution in [3.63, 3.8) is 0 Å². The van der Waals surface area contributed by atoms with E-state index in [0.29, 0.717) is 23.2 Å². The maximum atomic E-state index is 12.2. The van der Waals surface area contributed by atoms with Gasteiger partial charge in [-0.05, 0) is 18.2 Å². The van der Waals surface area contributed by atoms with Gasteiger partial charge in [0.2, 0.25) is 5.91 Å². The molecule has 0 aliphatic heterocycles. The van der Waals surface area contributed by atoms with Crippen molar-refractivity contribution in [2.75, 3.05) is 24.8 Å². The van der Waals surface area contributed by atoms with E-state index in [0.717, 1.165) is 16.2 Å². The van der Waals surface area contributed by atoms with Crippen LogP contribution in [0, 0.1) is 0 Å². The number of carbonyl (C=O) groups is 1. The van der Waals surface area contributed by atoms with Crippen LogP contribution in [-0.2, 0) is 16.1 Å². The van der Waals surface area contributed by atoms with Crippen LogP contribution in [0.25, 0.3) is 11.0 Å². The maximum Gasteiger partial charge on any atom is 0.236 e. The summed E-state index contributed by atoms with van der Waals surface area (Å²) in [5.74, 6) is 0.239. The van der Waals surface area contributed by atoms with Crippen LogP contribution in [0.4, 0.5) is 5.82 Å². The molecule has 6 nitrogen and oxygen atoms in total.